The van der Waals surface area contributed by atoms with Crippen molar-refractivity contribution in [3.63, 3.8) is 0 Å². The Bertz CT molecular complexity index is 431. The molecule has 152 valence electrons. The van der Waals surface area contributed by atoms with Gasteiger partial charge in [-0.25, -0.2) is 4.79 Å². The minimum absolute atomic E-state index is 0.743. The molecule has 13 nitrogen and oxygen atoms in total. The number of rotatable bonds is 4. The molecule has 10 atom stereocenters. The molecular formula is C13H22O13. The summed E-state index contributed by atoms with van der Waals surface area (Å²) in [6.45, 7) is -1.49. The molecule has 2 unspecified atom stereocenters. The molecule has 2 aliphatic heterocycles. The molecule has 0 spiro atoms. The Labute approximate surface area is 146 Å². The van der Waals surface area contributed by atoms with Gasteiger partial charge in [-0.1, -0.05) is 0 Å². The summed E-state index contributed by atoms with van der Waals surface area (Å²) in [6, 6.07) is 0. The first-order valence-corrected chi connectivity index (χ1v) is 7.69. The molecule has 2 aliphatic rings. The van der Waals surface area contributed by atoms with E-state index in [1.165, 1.54) is 0 Å². The SMILES string of the molecule is O=C(OC1O[C@H](CO)[C@H](O)[C@H](O)[C@H]1O)OC1O[C@H](CO)[C@H](O)[C@H](O)[C@H]1O. The summed E-state index contributed by atoms with van der Waals surface area (Å²) in [4.78, 5) is 11.8. The maximum Gasteiger partial charge on any atom is 0.513 e. The zero-order chi connectivity index (χ0) is 19.6. The van der Waals surface area contributed by atoms with Crippen LogP contribution in [0, 0.1) is 0 Å². The van der Waals surface area contributed by atoms with Gasteiger partial charge in [0.2, 0.25) is 12.6 Å². The van der Waals surface area contributed by atoms with E-state index in [0.717, 1.165) is 0 Å². The summed E-state index contributed by atoms with van der Waals surface area (Å²) in [5.74, 6) is 0. The average Bonchev–Trinajstić information content (AvgIpc) is 2.62. The van der Waals surface area contributed by atoms with Crippen molar-refractivity contribution < 1.29 is 64.6 Å². The van der Waals surface area contributed by atoms with Gasteiger partial charge in [0.05, 0.1) is 13.2 Å². The van der Waals surface area contributed by atoms with Crippen LogP contribution in [-0.2, 0) is 18.9 Å². The first-order chi connectivity index (χ1) is 12.2. The minimum atomic E-state index is -1.87. The van der Waals surface area contributed by atoms with Crippen molar-refractivity contribution in [1.29, 1.82) is 0 Å². The third-order valence-corrected chi connectivity index (χ3v) is 4.12. The van der Waals surface area contributed by atoms with E-state index in [9.17, 15) is 35.4 Å². The molecule has 2 rings (SSSR count). The van der Waals surface area contributed by atoms with Crippen molar-refractivity contribution in [2.75, 3.05) is 13.2 Å². The second-order valence-electron chi connectivity index (χ2n) is 5.88. The van der Waals surface area contributed by atoms with Crippen molar-refractivity contribution in [3.05, 3.63) is 0 Å². The third kappa shape index (κ3) is 4.23. The van der Waals surface area contributed by atoms with Crippen LogP contribution in [-0.4, -0.2) is 122 Å². The molecule has 0 aromatic heterocycles. The molecule has 0 amide bonds. The van der Waals surface area contributed by atoms with Crippen LogP contribution in [0.2, 0.25) is 0 Å². The normalized spacial score (nSPS) is 46.6. The van der Waals surface area contributed by atoms with E-state index < -0.39 is 80.8 Å². The molecule has 0 aromatic carbocycles. The number of aliphatic hydroxyl groups excluding tert-OH is 8. The molecule has 0 aromatic rings. The highest BCUT2D eigenvalue weighted by atomic mass is 16.8. The summed E-state index contributed by atoms with van der Waals surface area (Å²) >= 11 is 0. The summed E-state index contributed by atoms with van der Waals surface area (Å²) in [7, 11) is 0. The van der Waals surface area contributed by atoms with Crippen LogP contribution in [0.3, 0.4) is 0 Å². The maximum atomic E-state index is 11.8. The lowest BCUT2D eigenvalue weighted by molar-refractivity contribution is -0.309. The number of hydrogen-bond acceptors (Lipinski definition) is 13. The summed E-state index contributed by atoms with van der Waals surface area (Å²) in [5, 5.41) is 76.0. The van der Waals surface area contributed by atoms with Crippen LogP contribution < -0.4 is 0 Å². The van der Waals surface area contributed by atoms with E-state index >= 15 is 0 Å². The van der Waals surface area contributed by atoms with Crippen LogP contribution in [0.15, 0.2) is 0 Å². The van der Waals surface area contributed by atoms with E-state index in [1.807, 2.05) is 0 Å². The van der Waals surface area contributed by atoms with Gasteiger partial charge in [0.25, 0.3) is 0 Å². The summed E-state index contributed by atoms with van der Waals surface area (Å²) in [5.41, 5.74) is 0. The Hall–Kier alpha value is -1.13. The molecule has 0 radical (unpaired) electrons. The highest BCUT2D eigenvalue weighted by Gasteiger charge is 2.48. The summed E-state index contributed by atoms with van der Waals surface area (Å²) < 4.78 is 19.1. The lowest BCUT2D eigenvalue weighted by Crippen LogP contribution is -2.61. The molecule has 0 aliphatic carbocycles. The zero-order valence-corrected chi connectivity index (χ0v) is 13.3. The topological polar surface area (TPSA) is 216 Å². The molecule has 8 N–H and O–H groups in total. The van der Waals surface area contributed by atoms with E-state index in [4.69, 9.17) is 19.7 Å². The number of aliphatic hydroxyl groups is 8. The van der Waals surface area contributed by atoms with Gasteiger partial charge in [-0.05, 0) is 0 Å². The molecule has 0 bridgehead atoms. The second-order valence-corrected chi connectivity index (χ2v) is 5.88. The largest absolute Gasteiger partial charge is 0.513 e. The monoisotopic (exact) mass is 386 g/mol. The lowest BCUT2D eigenvalue weighted by atomic mass is 9.99. The van der Waals surface area contributed by atoms with Crippen molar-refractivity contribution in [2.24, 2.45) is 0 Å². The Balaban J connectivity index is 1.97. The smallest absolute Gasteiger partial charge is 0.401 e. The van der Waals surface area contributed by atoms with E-state index in [-0.39, 0.29) is 0 Å². The standard InChI is InChI=1S/C13H22O13/c14-1-3-5(16)7(18)9(20)11(23-3)25-13(22)26-12-10(21)8(19)6(17)4(2-15)24-12/h3-12,14-21H,1-2H2/t3-,4-,5+,6+,7+,8+,9-,10-,11?,12?/m1/s1. The van der Waals surface area contributed by atoms with Crippen LogP contribution in [0.25, 0.3) is 0 Å². The number of carbonyl (C=O) groups is 1. The zero-order valence-electron chi connectivity index (χ0n) is 13.3. The average molecular weight is 386 g/mol. The van der Waals surface area contributed by atoms with Crippen LogP contribution in [0.5, 0.6) is 0 Å². The molecule has 2 saturated heterocycles. The highest BCUT2D eigenvalue weighted by molar-refractivity contribution is 5.60. The van der Waals surface area contributed by atoms with Crippen molar-refractivity contribution in [3.8, 4) is 0 Å². The van der Waals surface area contributed by atoms with E-state index in [2.05, 4.69) is 9.47 Å². The quantitative estimate of drug-likeness (QED) is 0.212. The van der Waals surface area contributed by atoms with Gasteiger partial charge >= 0.3 is 6.16 Å². The number of ether oxygens (including phenoxy) is 4. The van der Waals surface area contributed by atoms with Crippen molar-refractivity contribution in [1.82, 2.24) is 0 Å². The fraction of sp³-hybridized carbons (Fsp3) is 0.923. The summed E-state index contributed by atoms with van der Waals surface area (Å²) in [6.07, 6.45) is -18.4. The Morgan fingerprint density at radius 1 is 0.654 bits per heavy atom. The molecule has 26 heavy (non-hydrogen) atoms. The van der Waals surface area contributed by atoms with Crippen molar-refractivity contribution >= 4 is 6.16 Å². The van der Waals surface area contributed by atoms with Gasteiger partial charge in [0.15, 0.2) is 0 Å². The predicted octanol–water partition coefficient (Wildman–Crippen LogP) is -5.26. The maximum absolute atomic E-state index is 11.8. The lowest BCUT2D eigenvalue weighted by Gasteiger charge is -2.40. The predicted molar refractivity (Wildman–Crippen MR) is 75.1 cm³/mol. The molecule has 2 heterocycles. The molecule has 13 heteroatoms. The van der Waals surface area contributed by atoms with Crippen LogP contribution in [0.4, 0.5) is 4.79 Å². The fourth-order valence-corrected chi connectivity index (χ4v) is 2.55. The Morgan fingerprint density at radius 3 is 1.31 bits per heavy atom. The van der Waals surface area contributed by atoms with Gasteiger partial charge in [-0.3, -0.25) is 0 Å². The molecular weight excluding hydrogens is 364 g/mol. The van der Waals surface area contributed by atoms with E-state index in [0.29, 0.717) is 0 Å². The van der Waals surface area contributed by atoms with Gasteiger partial charge in [-0.2, -0.15) is 0 Å². The molecule has 2 fully saturated rings. The third-order valence-electron chi connectivity index (χ3n) is 4.12. The van der Waals surface area contributed by atoms with Gasteiger partial charge in [-0.15, -0.1) is 0 Å². The Kier molecular flexibility index (Phi) is 7.09. The Morgan fingerprint density at radius 2 is 1.00 bits per heavy atom. The first-order valence-electron chi connectivity index (χ1n) is 7.69. The second kappa shape index (κ2) is 8.71. The number of hydrogen-bond donors (Lipinski definition) is 8. The van der Waals surface area contributed by atoms with Crippen LogP contribution in [0.1, 0.15) is 0 Å². The fourth-order valence-electron chi connectivity index (χ4n) is 2.55. The van der Waals surface area contributed by atoms with Crippen molar-refractivity contribution in [2.45, 2.75) is 61.4 Å². The highest BCUT2D eigenvalue weighted by Crippen LogP contribution is 2.25. The molecule has 0 saturated carbocycles. The van der Waals surface area contributed by atoms with Gasteiger partial charge < -0.3 is 59.8 Å². The van der Waals surface area contributed by atoms with Crippen LogP contribution >= 0.6 is 0 Å². The first kappa shape index (κ1) is 21.2. The van der Waals surface area contributed by atoms with Gasteiger partial charge in [0.1, 0.15) is 48.8 Å². The van der Waals surface area contributed by atoms with Gasteiger partial charge in [0, 0.05) is 0 Å². The minimum Gasteiger partial charge on any atom is -0.401 e. The number of carbonyl (C=O) groups excluding carboxylic acids is 1. The van der Waals surface area contributed by atoms with E-state index in [1.54, 1.807) is 0 Å².